The maximum atomic E-state index is 13.6. The fraction of sp³-hybridized carbons (Fsp3) is 0.250. The second-order valence-electron chi connectivity index (χ2n) is 5.97. The van der Waals surface area contributed by atoms with Gasteiger partial charge in [0, 0.05) is 11.7 Å². The molecule has 0 saturated carbocycles. The van der Waals surface area contributed by atoms with Gasteiger partial charge in [0.15, 0.2) is 0 Å². The molecule has 1 N–H and O–H groups in total. The zero-order valence-electron chi connectivity index (χ0n) is 12.1. The third-order valence-electron chi connectivity index (χ3n) is 3.33. The van der Waals surface area contributed by atoms with E-state index in [0.717, 1.165) is 5.52 Å². The van der Waals surface area contributed by atoms with Crippen molar-refractivity contribution >= 4 is 11.0 Å². The number of nitrogens with zero attached hydrogens (tertiary/aromatic N) is 3. The van der Waals surface area contributed by atoms with Gasteiger partial charge in [-0.3, -0.25) is 4.98 Å². The first kappa shape index (κ1) is 13.5. The number of halogens is 1. The number of fused-ring (bicyclic) bond motifs is 1. The van der Waals surface area contributed by atoms with Gasteiger partial charge in [-0.05, 0) is 45.0 Å². The highest BCUT2D eigenvalue weighted by atomic mass is 19.1. The smallest absolute Gasteiger partial charge is 0.145 e. The molecule has 5 heteroatoms. The number of phenolic OH excluding ortho intramolecular Hbond substituents is 1. The Balaban J connectivity index is 2.39. The molecule has 0 amide bonds. The van der Waals surface area contributed by atoms with Crippen molar-refractivity contribution < 1.29 is 9.50 Å². The zero-order valence-corrected chi connectivity index (χ0v) is 12.1. The second kappa shape index (κ2) is 4.55. The summed E-state index contributed by atoms with van der Waals surface area (Å²) in [7, 11) is 0. The first-order chi connectivity index (χ1) is 9.88. The van der Waals surface area contributed by atoms with Gasteiger partial charge in [0.2, 0.25) is 0 Å². The maximum absolute atomic E-state index is 13.6. The lowest BCUT2D eigenvalue weighted by molar-refractivity contribution is 0.411. The summed E-state index contributed by atoms with van der Waals surface area (Å²) in [6.45, 7) is 6.11. The van der Waals surface area contributed by atoms with Crippen LogP contribution >= 0.6 is 0 Å². The predicted octanol–water partition coefficient (Wildman–Crippen LogP) is 3.70. The van der Waals surface area contributed by atoms with Crippen molar-refractivity contribution in [1.29, 1.82) is 0 Å². The topological polar surface area (TPSA) is 50.9 Å². The van der Waals surface area contributed by atoms with Gasteiger partial charge in [-0.2, -0.15) is 0 Å². The molecule has 0 unspecified atom stereocenters. The zero-order chi connectivity index (χ0) is 15.2. The lowest BCUT2D eigenvalue weighted by Gasteiger charge is -2.25. The summed E-state index contributed by atoms with van der Waals surface area (Å²) >= 11 is 0. The number of pyridine rings is 1. The fourth-order valence-electron chi connectivity index (χ4n) is 2.48. The van der Waals surface area contributed by atoms with Crippen LogP contribution in [0.1, 0.15) is 20.8 Å². The molecule has 3 aromatic rings. The molecule has 2 aromatic heterocycles. The molecule has 3 rings (SSSR count). The summed E-state index contributed by atoms with van der Waals surface area (Å²) < 4.78 is 15.5. The Labute approximate surface area is 121 Å². The van der Waals surface area contributed by atoms with Crippen molar-refractivity contribution in [3.05, 3.63) is 42.5 Å². The summed E-state index contributed by atoms with van der Waals surface area (Å²) in [6, 6.07) is 5.74. The Kier molecular flexibility index (Phi) is 2.93. The number of benzene rings is 1. The third kappa shape index (κ3) is 2.24. The monoisotopic (exact) mass is 285 g/mol. The summed E-state index contributed by atoms with van der Waals surface area (Å²) in [5.41, 5.74) is 1.72. The highest BCUT2D eigenvalue weighted by molar-refractivity contribution is 5.81. The van der Waals surface area contributed by atoms with Crippen LogP contribution < -0.4 is 0 Å². The molecule has 21 heavy (non-hydrogen) atoms. The molecule has 0 spiro atoms. The number of rotatable bonds is 1. The molecule has 4 nitrogen and oxygen atoms in total. The van der Waals surface area contributed by atoms with Crippen LogP contribution in [0.4, 0.5) is 4.39 Å². The standard InChI is InChI=1S/C16H16FN3O/c1-16(2,3)20-13-6-7-18-9-12(13)19-15(20)11-8-10(17)4-5-14(11)21/h4-9,21H,1-3H3. The minimum atomic E-state index is -0.409. The number of hydrogen-bond acceptors (Lipinski definition) is 3. The van der Waals surface area contributed by atoms with Gasteiger partial charge in [0.05, 0.1) is 17.3 Å². The number of hydrogen-bond donors (Lipinski definition) is 1. The van der Waals surface area contributed by atoms with E-state index in [4.69, 9.17) is 0 Å². The van der Waals surface area contributed by atoms with E-state index in [1.807, 2.05) is 31.4 Å². The van der Waals surface area contributed by atoms with Crippen LogP contribution in [0.5, 0.6) is 5.75 Å². The predicted molar refractivity (Wildman–Crippen MR) is 79.6 cm³/mol. The van der Waals surface area contributed by atoms with Crippen molar-refractivity contribution in [1.82, 2.24) is 14.5 Å². The Hall–Kier alpha value is -2.43. The normalized spacial score (nSPS) is 12.0. The van der Waals surface area contributed by atoms with Crippen LogP contribution in [0, 0.1) is 5.82 Å². The minimum Gasteiger partial charge on any atom is -0.507 e. The van der Waals surface area contributed by atoms with E-state index in [-0.39, 0.29) is 11.3 Å². The van der Waals surface area contributed by atoms with E-state index < -0.39 is 5.82 Å². The lowest BCUT2D eigenvalue weighted by atomic mass is 10.1. The molecule has 0 saturated heterocycles. The van der Waals surface area contributed by atoms with Gasteiger partial charge in [-0.25, -0.2) is 9.37 Å². The van der Waals surface area contributed by atoms with Crippen LogP contribution in [0.15, 0.2) is 36.7 Å². The van der Waals surface area contributed by atoms with E-state index in [0.29, 0.717) is 16.9 Å². The molecule has 2 heterocycles. The highest BCUT2D eigenvalue weighted by Crippen LogP contribution is 2.35. The van der Waals surface area contributed by atoms with Crippen molar-refractivity contribution in [3.8, 4) is 17.1 Å². The number of aromatic nitrogens is 3. The molecule has 108 valence electrons. The molecule has 0 aliphatic heterocycles. The Morgan fingerprint density at radius 1 is 1.19 bits per heavy atom. The van der Waals surface area contributed by atoms with Crippen LogP contribution in [0.3, 0.4) is 0 Å². The number of aromatic hydroxyl groups is 1. The molecule has 0 atom stereocenters. The first-order valence-corrected chi connectivity index (χ1v) is 6.70. The minimum absolute atomic E-state index is 0.00478. The summed E-state index contributed by atoms with van der Waals surface area (Å²) in [5, 5.41) is 10.1. The van der Waals surface area contributed by atoms with E-state index in [1.165, 1.54) is 18.2 Å². The molecular formula is C16H16FN3O. The van der Waals surface area contributed by atoms with Crippen molar-refractivity contribution in [2.24, 2.45) is 0 Å². The Bertz CT molecular complexity index is 818. The van der Waals surface area contributed by atoms with Crippen molar-refractivity contribution in [3.63, 3.8) is 0 Å². The summed E-state index contributed by atoms with van der Waals surface area (Å²) in [6.07, 6.45) is 3.36. The number of phenols is 1. The lowest BCUT2D eigenvalue weighted by Crippen LogP contribution is -2.22. The summed E-state index contributed by atoms with van der Waals surface area (Å²) in [4.78, 5) is 8.60. The van der Waals surface area contributed by atoms with E-state index in [9.17, 15) is 9.50 Å². The number of imidazole rings is 1. The maximum Gasteiger partial charge on any atom is 0.145 e. The van der Waals surface area contributed by atoms with Crippen LogP contribution in [-0.4, -0.2) is 19.6 Å². The molecule has 1 aromatic carbocycles. The average molecular weight is 285 g/mol. The van der Waals surface area contributed by atoms with Crippen LogP contribution in [0.2, 0.25) is 0 Å². The first-order valence-electron chi connectivity index (χ1n) is 6.70. The van der Waals surface area contributed by atoms with Gasteiger partial charge >= 0.3 is 0 Å². The van der Waals surface area contributed by atoms with E-state index >= 15 is 0 Å². The van der Waals surface area contributed by atoms with Gasteiger partial charge in [-0.1, -0.05) is 0 Å². The molecule has 0 aliphatic carbocycles. The summed E-state index contributed by atoms with van der Waals surface area (Å²) in [5.74, 6) is 0.126. The van der Waals surface area contributed by atoms with Gasteiger partial charge in [0.25, 0.3) is 0 Å². The quantitative estimate of drug-likeness (QED) is 0.741. The van der Waals surface area contributed by atoms with Gasteiger partial charge < -0.3 is 9.67 Å². The van der Waals surface area contributed by atoms with Crippen LogP contribution in [-0.2, 0) is 5.54 Å². The largest absolute Gasteiger partial charge is 0.507 e. The fourth-order valence-corrected chi connectivity index (χ4v) is 2.48. The molecule has 0 aliphatic rings. The van der Waals surface area contributed by atoms with E-state index in [2.05, 4.69) is 9.97 Å². The second-order valence-corrected chi connectivity index (χ2v) is 5.97. The molecular weight excluding hydrogens is 269 g/mol. The molecule has 0 fully saturated rings. The SMILES string of the molecule is CC(C)(C)n1c(-c2cc(F)ccc2O)nc2cnccc21. The molecule has 0 bridgehead atoms. The Morgan fingerprint density at radius 2 is 1.95 bits per heavy atom. The van der Waals surface area contributed by atoms with E-state index in [1.54, 1.807) is 12.4 Å². The van der Waals surface area contributed by atoms with Gasteiger partial charge in [0.1, 0.15) is 22.9 Å². The third-order valence-corrected chi connectivity index (χ3v) is 3.33. The molecule has 0 radical (unpaired) electrons. The highest BCUT2D eigenvalue weighted by Gasteiger charge is 2.24. The Morgan fingerprint density at radius 3 is 2.67 bits per heavy atom. The van der Waals surface area contributed by atoms with Crippen molar-refractivity contribution in [2.45, 2.75) is 26.3 Å². The van der Waals surface area contributed by atoms with Gasteiger partial charge in [-0.15, -0.1) is 0 Å². The van der Waals surface area contributed by atoms with Crippen LogP contribution in [0.25, 0.3) is 22.4 Å². The van der Waals surface area contributed by atoms with Crippen molar-refractivity contribution in [2.75, 3.05) is 0 Å². The average Bonchev–Trinajstić information content (AvgIpc) is 2.80.